The van der Waals surface area contributed by atoms with Gasteiger partial charge in [0.1, 0.15) is 0 Å². The maximum atomic E-state index is 2.40. The van der Waals surface area contributed by atoms with E-state index in [1.54, 1.807) is 0 Å². The number of benzene rings is 8. The van der Waals surface area contributed by atoms with Gasteiger partial charge in [-0.2, -0.15) is 0 Å². The third kappa shape index (κ3) is 16.2. The van der Waals surface area contributed by atoms with Crippen molar-refractivity contribution in [2.24, 2.45) is 0 Å². The summed E-state index contributed by atoms with van der Waals surface area (Å²) < 4.78 is 0. The molecule has 0 fully saturated rings. The van der Waals surface area contributed by atoms with Crippen LogP contribution in [0.15, 0.2) is 194 Å². The van der Waals surface area contributed by atoms with Crippen LogP contribution in [0.3, 0.4) is 0 Å². The van der Waals surface area contributed by atoms with Crippen LogP contribution >= 0.6 is 0 Å². The number of anilines is 6. The number of hydrogen-bond acceptors (Lipinski definition) is 2. The first-order chi connectivity index (χ1) is 35.8. The highest BCUT2D eigenvalue weighted by Crippen LogP contribution is 2.49. The molecule has 0 aromatic heterocycles. The van der Waals surface area contributed by atoms with E-state index < -0.39 is 0 Å². The van der Waals surface area contributed by atoms with Crippen molar-refractivity contribution in [3.05, 3.63) is 216 Å². The Hall–Kier alpha value is -6.64. The highest BCUT2D eigenvalue weighted by atomic mass is 15.2. The van der Waals surface area contributed by atoms with E-state index in [4.69, 9.17) is 0 Å². The summed E-state index contributed by atoms with van der Waals surface area (Å²) in [5.41, 5.74) is 20.2. The highest BCUT2D eigenvalue weighted by Gasteiger charge is 2.27. The van der Waals surface area contributed by atoms with Crippen molar-refractivity contribution in [1.29, 1.82) is 0 Å². The van der Waals surface area contributed by atoms with Crippen LogP contribution in [0.1, 0.15) is 161 Å². The van der Waals surface area contributed by atoms with Crippen LogP contribution in [-0.4, -0.2) is 0 Å². The normalized spacial score (nSPS) is 9.56. The summed E-state index contributed by atoms with van der Waals surface area (Å²) in [5.74, 6) is 0. The average Bonchev–Trinajstić information content (AvgIpc) is 4.09. The van der Waals surface area contributed by atoms with Gasteiger partial charge in [-0.05, 0) is 118 Å². The first-order valence-electron chi connectivity index (χ1n) is 28.1. The maximum Gasteiger partial charge on any atom is 0.0543 e. The number of rotatable bonds is 7. The number of hydrogen-bond donors (Lipinski definition) is 0. The van der Waals surface area contributed by atoms with Gasteiger partial charge in [-0.15, -0.1) is 0 Å². The Morgan fingerprint density at radius 3 is 0.778 bits per heavy atom. The Morgan fingerprint density at radius 1 is 0.222 bits per heavy atom. The van der Waals surface area contributed by atoms with Crippen molar-refractivity contribution in [3.63, 3.8) is 0 Å². The molecular formula is C70H96N2. The Morgan fingerprint density at radius 2 is 0.472 bits per heavy atom. The largest absolute Gasteiger partial charge is 0.310 e. The van der Waals surface area contributed by atoms with E-state index in [-0.39, 0.29) is 0 Å². The topological polar surface area (TPSA) is 6.48 Å². The number of para-hydroxylation sites is 2. The van der Waals surface area contributed by atoms with E-state index in [1.165, 1.54) is 67.0 Å². The van der Waals surface area contributed by atoms with Gasteiger partial charge >= 0.3 is 0 Å². The minimum atomic E-state index is 0.971. The summed E-state index contributed by atoms with van der Waals surface area (Å²) in [6, 6.07) is 70.7. The smallest absolute Gasteiger partial charge is 0.0543 e. The third-order valence-electron chi connectivity index (χ3n) is 10.7. The van der Waals surface area contributed by atoms with Gasteiger partial charge in [-0.25, -0.2) is 0 Å². The van der Waals surface area contributed by atoms with Crippen molar-refractivity contribution in [2.75, 3.05) is 9.80 Å². The van der Waals surface area contributed by atoms with Gasteiger partial charge in [-0.1, -0.05) is 272 Å². The molecule has 0 amide bonds. The molecule has 0 saturated heterocycles. The second kappa shape index (κ2) is 39.0. The Balaban J connectivity index is 0.00000227. The van der Waals surface area contributed by atoms with Crippen LogP contribution in [0.25, 0.3) is 33.4 Å². The molecule has 72 heavy (non-hydrogen) atoms. The van der Waals surface area contributed by atoms with Crippen LogP contribution < -0.4 is 9.80 Å². The molecule has 0 heterocycles. The Labute approximate surface area is 442 Å². The zero-order chi connectivity index (χ0) is 54.4. The molecule has 386 valence electrons. The molecule has 0 N–H and O–H groups in total. The van der Waals surface area contributed by atoms with E-state index in [0.717, 1.165) is 35.6 Å². The lowest BCUT2D eigenvalue weighted by atomic mass is 10.00. The van der Waals surface area contributed by atoms with Crippen molar-refractivity contribution in [3.8, 4) is 33.4 Å². The maximum absolute atomic E-state index is 2.40. The van der Waals surface area contributed by atoms with E-state index in [9.17, 15) is 0 Å². The first kappa shape index (κ1) is 65.4. The van der Waals surface area contributed by atoms with E-state index in [1.807, 2.05) is 138 Å². The molecule has 0 atom stereocenters. The lowest BCUT2D eigenvalue weighted by Crippen LogP contribution is -2.11. The van der Waals surface area contributed by atoms with Crippen LogP contribution in [0.5, 0.6) is 0 Å². The molecular weight excluding hydrogens is 869 g/mol. The van der Waals surface area contributed by atoms with Crippen molar-refractivity contribution < 1.29 is 0 Å². The van der Waals surface area contributed by atoms with Crippen molar-refractivity contribution in [1.82, 2.24) is 0 Å². The monoisotopic (exact) mass is 965 g/mol. The molecule has 0 saturated carbocycles. The lowest BCUT2D eigenvalue weighted by molar-refractivity contribution is 1.24. The first-order valence-corrected chi connectivity index (χ1v) is 28.1. The van der Waals surface area contributed by atoms with Crippen LogP contribution in [-0.2, 0) is 12.8 Å². The fourth-order valence-corrected chi connectivity index (χ4v) is 8.32. The van der Waals surface area contributed by atoms with Crippen LogP contribution in [0.2, 0.25) is 0 Å². The quantitative estimate of drug-likeness (QED) is 0.157. The minimum absolute atomic E-state index is 0.971. The average molecular weight is 966 g/mol. The summed E-state index contributed by atoms with van der Waals surface area (Å²) in [5, 5.41) is 0. The third-order valence-corrected chi connectivity index (χ3v) is 10.7. The molecule has 8 aromatic rings. The molecule has 0 radical (unpaired) electrons. The van der Waals surface area contributed by atoms with Crippen molar-refractivity contribution >= 4 is 34.1 Å². The molecule has 8 aromatic carbocycles. The number of fused-ring (bicyclic) bond motifs is 6. The van der Waals surface area contributed by atoms with Crippen molar-refractivity contribution in [2.45, 2.75) is 151 Å². The van der Waals surface area contributed by atoms with Crippen LogP contribution in [0, 0.1) is 0 Å². The fraction of sp³-hybridized carbons (Fsp3) is 0.314. The van der Waals surface area contributed by atoms with Crippen LogP contribution in [0.4, 0.5) is 34.1 Å². The zero-order valence-corrected chi connectivity index (χ0v) is 48.8. The van der Waals surface area contributed by atoms with E-state index in [2.05, 4.69) is 204 Å². The molecule has 2 aliphatic carbocycles. The predicted octanol–water partition coefficient (Wildman–Crippen LogP) is 23.7. The molecule has 0 aliphatic heterocycles. The van der Waals surface area contributed by atoms with Gasteiger partial charge in [0.15, 0.2) is 0 Å². The highest BCUT2D eigenvalue weighted by molar-refractivity contribution is 5.95. The van der Waals surface area contributed by atoms with E-state index in [0.29, 0.717) is 0 Å². The van der Waals surface area contributed by atoms with Gasteiger partial charge in [0.2, 0.25) is 0 Å². The van der Waals surface area contributed by atoms with Gasteiger partial charge in [0.05, 0.1) is 11.4 Å². The molecule has 10 rings (SSSR count). The summed E-state index contributed by atoms with van der Waals surface area (Å²) in [7, 11) is 0. The molecule has 0 bridgehead atoms. The zero-order valence-electron chi connectivity index (χ0n) is 48.8. The molecule has 0 unspecified atom stereocenters. The standard InChI is InChI=1S/C50H36N2.10C2H6/c1-3-17-41(18-4-1)51(47-23-11-15-39-33-37-13-7-9-21-45(37)49(39)47)43-29-25-35(26-30-43)36-27-31-44(32-28-36)52(42-19-5-2-6-20-42)48-24-12-16-40-34-38-14-8-10-22-46(38)50(40)48;10*1-2/h1-32H,33-34H2;10*1-2H3. The Bertz CT molecular complexity index is 2370. The van der Waals surface area contributed by atoms with Gasteiger partial charge in [0.25, 0.3) is 0 Å². The molecule has 2 aliphatic rings. The molecule has 0 spiro atoms. The molecule has 2 heteroatoms. The fourth-order valence-electron chi connectivity index (χ4n) is 8.32. The lowest BCUT2D eigenvalue weighted by Gasteiger charge is -2.28. The predicted molar refractivity (Wildman–Crippen MR) is 331 cm³/mol. The van der Waals surface area contributed by atoms with E-state index >= 15 is 0 Å². The van der Waals surface area contributed by atoms with Gasteiger partial charge in [0, 0.05) is 33.9 Å². The second-order valence-corrected chi connectivity index (χ2v) is 13.7. The summed E-state index contributed by atoms with van der Waals surface area (Å²) in [6.45, 7) is 40.0. The van der Waals surface area contributed by atoms with Gasteiger partial charge in [-0.3, -0.25) is 0 Å². The SMILES string of the molecule is CC.CC.CC.CC.CC.CC.CC.CC.CC.CC.c1ccc(N(c2ccc(-c3ccc(N(c4ccccc4)c4cccc5c4-c4ccccc4C5)cc3)cc2)c2cccc3c2-c2ccccc2C3)cc1. The summed E-state index contributed by atoms with van der Waals surface area (Å²) in [4.78, 5) is 4.81. The Kier molecular flexibility index (Phi) is 35.4. The number of nitrogens with zero attached hydrogens (tertiary/aromatic N) is 2. The van der Waals surface area contributed by atoms with Gasteiger partial charge < -0.3 is 9.80 Å². The summed E-state index contributed by atoms with van der Waals surface area (Å²) >= 11 is 0. The second-order valence-electron chi connectivity index (χ2n) is 13.7. The minimum Gasteiger partial charge on any atom is -0.310 e. The summed E-state index contributed by atoms with van der Waals surface area (Å²) in [6.07, 6.45) is 1.94. The molecule has 2 nitrogen and oxygen atoms in total.